The molecule has 0 amide bonds. The van der Waals surface area contributed by atoms with Gasteiger partial charge in [-0.25, -0.2) is 15.8 Å². The molecular weight excluding hydrogens is 380 g/mol. The van der Waals surface area contributed by atoms with E-state index in [0.29, 0.717) is 18.2 Å². The van der Waals surface area contributed by atoms with Crippen molar-refractivity contribution in [1.82, 2.24) is 19.9 Å². The molecule has 0 radical (unpaired) electrons. The number of carbonyl (C=O) groups is 1. The Kier molecular flexibility index (Phi) is 8.51. The Labute approximate surface area is 166 Å². The molecule has 1 aliphatic carbocycles. The molecule has 1 fully saturated rings. The van der Waals surface area contributed by atoms with E-state index < -0.39 is 0 Å². The van der Waals surface area contributed by atoms with Gasteiger partial charge in [0.15, 0.2) is 5.82 Å². The van der Waals surface area contributed by atoms with Gasteiger partial charge in [0.05, 0.1) is 25.2 Å². The average molecular weight is 404 g/mol. The Bertz CT molecular complexity index is 929. The summed E-state index contributed by atoms with van der Waals surface area (Å²) in [6.07, 6.45) is 5.60. The van der Waals surface area contributed by atoms with E-state index in [0.717, 1.165) is 31.4 Å². The number of nitrogens with zero attached hydrogens (tertiary/aromatic N) is 3. The number of anilines is 2. The number of aromatic nitrogens is 4. The highest BCUT2D eigenvalue weighted by atomic mass is 16.5. The zero-order chi connectivity index (χ0) is 21.1. The second kappa shape index (κ2) is 11.3. The molecule has 0 aromatic carbocycles. The van der Waals surface area contributed by atoms with Gasteiger partial charge in [0.1, 0.15) is 5.82 Å². The number of hydrogen-bond acceptors (Lipinski definition) is 10. The van der Waals surface area contributed by atoms with Crippen LogP contribution >= 0.6 is 0 Å². The molecule has 0 atom stereocenters. The number of rotatable bonds is 5. The fraction of sp³-hybridized carbons (Fsp3) is 0.412. The van der Waals surface area contributed by atoms with Gasteiger partial charge in [0.2, 0.25) is 0 Å². The summed E-state index contributed by atoms with van der Waals surface area (Å²) in [5, 5.41) is 4.23. The van der Waals surface area contributed by atoms with Crippen molar-refractivity contribution >= 4 is 23.3 Å². The SMILES string of the molecule is CCOC(=O)C1CCC(=NNc2cc(=O)[nH]cn2)CC1.NNc1cc(=O)[nH]cn1. The van der Waals surface area contributed by atoms with Crippen LogP contribution in [0.25, 0.3) is 0 Å². The number of nitrogens with two attached hydrogens (primary N) is 1. The molecular formula is C17H24N8O4. The second-order valence-corrected chi connectivity index (χ2v) is 6.05. The first-order valence-corrected chi connectivity index (χ1v) is 9.06. The third-order valence-electron chi connectivity index (χ3n) is 4.02. The van der Waals surface area contributed by atoms with Crippen LogP contribution in [0.4, 0.5) is 11.6 Å². The monoisotopic (exact) mass is 404 g/mol. The van der Waals surface area contributed by atoms with Gasteiger partial charge >= 0.3 is 5.97 Å². The van der Waals surface area contributed by atoms with E-state index in [2.05, 4.69) is 35.9 Å². The Hall–Kier alpha value is -3.54. The number of hydrazine groups is 1. The Balaban J connectivity index is 0.000000278. The van der Waals surface area contributed by atoms with Crippen LogP contribution in [0.15, 0.2) is 39.5 Å². The molecule has 0 saturated heterocycles. The highest BCUT2D eigenvalue weighted by Crippen LogP contribution is 2.23. The van der Waals surface area contributed by atoms with Crippen LogP contribution < -0.4 is 27.8 Å². The van der Waals surface area contributed by atoms with Crippen LogP contribution in [0.5, 0.6) is 0 Å². The molecule has 29 heavy (non-hydrogen) atoms. The molecule has 0 aliphatic heterocycles. The van der Waals surface area contributed by atoms with Crippen LogP contribution in [0, 0.1) is 5.92 Å². The van der Waals surface area contributed by atoms with Gasteiger partial charge in [-0.15, -0.1) is 0 Å². The molecule has 3 rings (SSSR count). The minimum atomic E-state index is -0.228. The van der Waals surface area contributed by atoms with Gasteiger partial charge in [-0.05, 0) is 32.6 Å². The lowest BCUT2D eigenvalue weighted by molar-refractivity contribution is -0.148. The van der Waals surface area contributed by atoms with Crippen molar-refractivity contribution in [2.75, 3.05) is 17.5 Å². The molecule has 12 nitrogen and oxygen atoms in total. The van der Waals surface area contributed by atoms with E-state index >= 15 is 0 Å². The number of aromatic amines is 2. The topological polar surface area (TPSA) is 180 Å². The molecule has 1 aliphatic rings. The van der Waals surface area contributed by atoms with Crippen LogP contribution in [0.3, 0.4) is 0 Å². The van der Waals surface area contributed by atoms with Crippen molar-refractivity contribution < 1.29 is 9.53 Å². The molecule has 2 aromatic heterocycles. The zero-order valence-corrected chi connectivity index (χ0v) is 16.0. The molecule has 156 valence electrons. The number of hydrogen-bond donors (Lipinski definition) is 5. The molecule has 6 N–H and O–H groups in total. The first kappa shape index (κ1) is 21.8. The van der Waals surface area contributed by atoms with E-state index in [1.165, 1.54) is 24.8 Å². The van der Waals surface area contributed by atoms with Crippen LogP contribution in [-0.2, 0) is 9.53 Å². The van der Waals surface area contributed by atoms with E-state index in [1.807, 2.05) is 6.92 Å². The van der Waals surface area contributed by atoms with Crippen molar-refractivity contribution in [3.8, 4) is 0 Å². The number of nitrogens with one attached hydrogen (secondary N) is 4. The smallest absolute Gasteiger partial charge is 0.308 e. The third-order valence-corrected chi connectivity index (χ3v) is 4.02. The number of nitrogen functional groups attached to an aromatic ring is 1. The van der Waals surface area contributed by atoms with E-state index in [-0.39, 0.29) is 23.0 Å². The summed E-state index contributed by atoms with van der Waals surface area (Å²) in [6, 6.07) is 2.61. The lowest BCUT2D eigenvalue weighted by Gasteiger charge is -2.21. The maximum absolute atomic E-state index is 11.6. The maximum atomic E-state index is 11.6. The Morgan fingerprint density at radius 3 is 2.28 bits per heavy atom. The van der Waals surface area contributed by atoms with Gasteiger partial charge in [-0.3, -0.25) is 19.8 Å². The van der Waals surface area contributed by atoms with Crippen molar-refractivity contribution in [3.05, 3.63) is 45.5 Å². The van der Waals surface area contributed by atoms with Gasteiger partial charge in [0.25, 0.3) is 11.1 Å². The number of hydrazone groups is 1. The van der Waals surface area contributed by atoms with E-state index in [9.17, 15) is 14.4 Å². The summed E-state index contributed by atoms with van der Waals surface area (Å²) < 4.78 is 5.02. The number of esters is 1. The molecule has 0 spiro atoms. The first-order valence-electron chi connectivity index (χ1n) is 9.06. The summed E-state index contributed by atoms with van der Waals surface area (Å²) in [5.41, 5.74) is 5.53. The van der Waals surface area contributed by atoms with Crippen molar-refractivity contribution in [2.45, 2.75) is 32.6 Å². The lowest BCUT2D eigenvalue weighted by atomic mass is 9.88. The fourth-order valence-electron chi connectivity index (χ4n) is 2.57. The quantitative estimate of drug-likeness (QED) is 0.267. The predicted molar refractivity (Wildman–Crippen MR) is 107 cm³/mol. The van der Waals surface area contributed by atoms with Gasteiger partial charge < -0.3 is 20.1 Å². The van der Waals surface area contributed by atoms with E-state index in [1.54, 1.807) is 0 Å². The minimum absolute atomic E-state index is 0.0217. The Morgan fingerprint density at radius 2 is 1.76 bits per heavy atom. The molecule has 0 unspecified atom stereocenters. The highest BCUT2D eigenvalue weighted by molar-refractivity contribution is 5.87. The molecule has 0 bridgehead atoms. The number of H-pyrrole nitrogens is 2. The lowest BCUT2D eigenvalue weighted by Crippen LogP contribution is -2.24. The fourth-order valence-corrected chi connectivity index (χ4v) is 2.57. The van der Waals surface area contributed by atoms with Gasteiger partial charge in [-0.1, -0.05) is 0 Å². The molecule has 12 heteroatoms. The van der Waals surface area contributed by atoms with Crippen LogP contribution in [0.2, 0.25) is 0 Å². The summed E-state index contributed by atoms with van der Waals surface area (Å²) in [7, 11) is 0. The molecule has 2 heterocycles. The summed E-state index contributed by atoms with van der Waals surface area (Å²) in [6.45, 7) is 2.23. The van der Waals surface area contributed by atoms with Crippen molar-refractivity contribution in [2.24, 2.45) is 16.9 Å². The standard InChI is InChI=1S/C13H18N4O3.C4H6N4O/c1-2-20-13(19)9-3-5-10(6-4-9)16-17-11-7-12(18)15-8-14-11;5-8-3-1-4(9)7-2-6-3/h7-9H,2-6H2,1H3,(H2,14,15,17,18);1-2H,5H2,(H2,6,7,8,9). The minimum Gasteiger partial charge on any atom is -0.466 e. The van der Waals surface area contributed by atoms with E-state index in [4.69, 9.17) is 10.6 Å². The van der Waals surface area contributed by atoms with Gasteiger partial charge in [0, 0.05) is 17.8 Å². The number of ether oxygens (including phenoxy) is 1. The summed E-state index contributed by atoms with van der Waals surface area (Å²) in [5.74, 6) is 5.59. The zero-order valence-electron chi connectivity index (χ0n) is 16.0. The number of carbonyl (C=O) groups excluding carboxylic acids is 1. The van der Waals surface area contributed by atoms with Crippen molar-refractivity contribution in [1.29, 1.82) is 0 Å². The largest absolute Gasteiger partial charge is 0.466 e. The van der Waals surface area contributed by atoms with Gasteiger partial charge in [-0.2, -0.15) is 5.10 Å². The maximum Gasteiger partial charge on any atom is 0.308 e. The summed E-state index contributed by atoms with van der Waals surface area (Å²) in [4.78, 5) is 45.5. The first-order chi connectivity index (χ1) is 14.0. The van der Waals surface area contributed by atoms with Crippen LogP contribution in [-0.4, -0.2) is 38.2 Å². The average Bonchev–Trinajstić information content (AvgIpc) is 2.73. The Morgan fingerprint density at radius 1 is 1.17 bits per heavy atom. The van der Waals surface area contributed by atoms with Crippen LogP contribution in [0.1, 0.15) is 32.6 Å². The normalized spacial score (nSPS) is 15.5. The summed E-state index contributed by atoms with van der Waals surface area (Å²) >= 11 is 0. The molecule has 2 aromatic rings. The third kappa shape index (κ3) is 7.54. The predicted octanol–water partition coefficient (Wildman–Crippen LogP) is 0.347. The second-order valence-electron chi connectivity index (χ2n) is 6.05. The molecule has 1 saturated carbocycles. The van der Waals surface area contributed by atoms with Crippen molar-refractivity contribution in [3.63, 3.8) is 0 Å². The highest BCUT2D eigenvalue weighted by Gasteiger charge is 2.24.